The predicted molar refractivity (Wildman–Crippen MR) is 107 cm³/mol. The molecule has 6 heteroatoms. The Bertz CT molecular complexity index is 889. The van der Waals surface area contributed by atoms with E-state index in [0.717, 1.165) is 11.3 Å². The highest BCUT2D eigenvalue weighted by molar-refractivity contribution is 5.94. The minimum Gasteiger partial charge on any atom is -0.497 e. The molecule has 0 bridgehead atoms. The molecule has 0 spiro atoms. The van der Waals surface area contributed by atoms with Crippen LogP contribution in [0.4, 0.5) is 0 Å². The number of benzene rings is 2. The van der Waals surface area contributed by atoms with E-state index in [1.807, 2.05) is 35.2 Å². The fourth-order valence-corrected chi connectivity index (χ4v) is 2.92. The minimum atomic E-state index is -0.0147. The number of nitrogens with zero attached hydrogens (tertiary/aromatic N) is 3. The molecule has 0 aliphatic carbocycles. The van der Waals surface area contributed by atoms with Crippen LogP contribution in [0.2, 0.25) is 0 Å². The molecule has 0 radical (unpaired) electrons. The van der Waals surface area contributed by atoms with Crippen molar-refractivity contribution in [3.05, 3.63) is 66.1 Å². The SMILES string of the molecule is COc1ccc(C(=O)N(CCc2nc(-c3ccccc3)no2)CC(C)C)cc1. The van der Waals surface area contributed by atoms with E-state index >= 15 is 0 Å². The molecular weight excluding hydrogens is 354 g/mol. The molecule has 1 heterocycles. The molecule has 3 aromatic rings. The van der Waals surface area contributed by atoms with Gasteiger partial charge in [-0.25, -0.2) is 0 Å². The van der Waals surface area contributed by atoms with Crippen LogP contribution in [-0.4, -0.2) is 41.1 Å². The molecule has 6 nitrogen and oxygen atoms in total. The largest absolute Gasteiger partial charge is 0.497 e. The molecule has 2 aromatic carbocycles. The van der Waals surface area contributed by atoms with Gasteiger partial charge in [0.2, 0.25) is 11.7 Å². The van der Waals surface area contributed by atoms with Gasteiger partial charge in [0.1, 0.15) is 5.75 Å². The second kappa shape index (κ2) is 9.17. The highest BCUT2D eigenvalue weighted by Gasteiger charge is 2.18. The third-order valence-corrected chi connectivity index (χ3v) is 4.31. The average Bonchev–Trinajstić information content (AvgIpc) is 3.20. The number of amides is 1. The Labute approximate surface area is 165 Å². The van der Waals surface area contributed by atoms with Crippen LogP contribution in [0.5, 0.6) is 5.75 Å². The Morgan fingerprint density at radius 2 is 1.82 bits per heavy atom. The summed E-state index contributed by atoms with van der Waals surface area (Å²) in [6, 6.07) is 16.9. The molecular formula is C22H25N3O3. The summed E-state index contributed by atoms with van der Waals surface area (Å²) < 4.78 is 10.5. The maximum Gasteiger partial charge on any atom is 0.253 e. The summed E-state index contributed by atoms with van der Waals surface area (Å²) in [5.41, 5.74) is 1.54. The number of hydrogen-bond donors (Lipinski definition) is 0. The average molecular weight is 379 g/mol. The lowest BCUT2D eigenvalue weighted by Gasteiger charge is -2.24. The highest BCUT2D eigenvalue weighted by Crippen LogP contribution is 2.17. The number of rotatable bonds is 8. The van der Waals surface area contributed by atoms with Crippen LogP contribution in [0.1, 0.15) is 30.1 Å². The maximum absolute atomic E-state index is 12.9. The first kappa shape index (κ1) is 19.6. The van der Waals surface area contributed by atoms with Crippen molar-refractivity contribution >= 4 is 5.91 Å². The third kappa shape index (κ3) is 4.97. The second-order valence-electron chi connectivity index (χ2n) is 7.00. The van der Waals surface area contributed by atoms with Crippen LogP contribution >= 0.6 is 0 Å². The van der Waals surface area contributed by atoms with Gasteiger partial charge in [0.15, 0.2) is 0 Å². The Hall–Kier alpha value is -3.15. The lowest BCUT2D eigenvalue weighted by Crippen LogP contribution is -2.36. The van der Waals surface area contributed by atoms with Crippen LogP contribution in [-0.2, 0) is 6.42 Å². The Morgan fingerprint density at radius 1 is 1.11 bits per heavy atom. The zero-order chi connectivity index (χ0) is 19.9. The Kier molecular flexibility index (Phi) is 6.42. The molecule has 0 aliphatic rings. The van der Waals surface area contributed by atoms with E-state index in [1.54, 1.807) is 31.4 Å². The Morgan fingerprint density at radius 3 is 2.46 bits per heavy atom. The summed E-state index contributed by atoms with van der Waals surface area (Å²) in [7, 11) is 1.61. The van der Waals surface area contributed by atoms with Gasteiger partial charge in [-0.2, -0.15) is 4.98 Å². The topological polar surface area (TPSA) is 68.5 Å². The van der Waals surface area contributed by atoms with E-state index in [0.29, 0.717) is 42.7 Å². The summed E-state index contributed by atoms with van der Waals surface area (Å²) in [5.74, 6) is 2.15. The van der Waals surface area contributed by atoms with Gasteiger partial charge in [-0.15, -0.1) is 0 Å². The summed E-state index contributed by atoms with van der Waals surface area (Å²) in [5, 5.41) is 4.04. The van der Waals surface area contributed by atoms with Crippen LogP contribution in [0, 0.1) is 5.92 Å². The molecule has 0 fully saturated rings. The number of aromatic nitrogens is 2. The van der Waals surface area contributed by atoms with Crippen molar-refractivity contribution in [2.24, 2.45) is 5.92 Å². The first-order chi connectivity index (χ1) is 13.6. The van der Waals surface area contributed by atoms with Gasteiger partial charge < -0.3 is 14.2 Å². The first-order valence-electron chi connectivity index (χ1n) is 9.38. The molecule has 1 amide bonds. The lowest BCUT2D eigenvalue weighted by molar-refractivity contribution is 0.0734. The van der Waals surface area contributed by atoms with Gasteiger partial charge in [-0.3, -0.25) is 4.79 Å². The second-order valence-corrected chi connectivity index (χ2v) is 7.00. The monoisotopic (exact) mass is 379 g/mol. The van der Waals surface area contributed by atoms with Crippen molar-refractivity contribution in [3.8, 4) is 17.1 Å². The van der Waals surface area contributed by atoms with Crippen molar-refractivity contribution in [2.45, 2.75) is 20.3 Å². The summed E-state index contributed by atoms with van der Waals surface area (Å²) >= 11 is 0. The number of ether oxygens (including phenoxy) is 1. The van der Waals surface area contributed by atoms with E-state index in [-0.39, 0.29) is 5.91 Å². The number of methoxy groups -OCH3 is 1. The smallest absolute Gasteiger partial charge is 0.253 e. The molecule has 146 valence electrons. The summed E-state index contributed by atoms with van der Waals surface area (Å²) in [4.78, 5) is 19.2. The molecule has 28 heavy (non-hydrogen) atoms. The van der Waals surface area contributed by atoms with Crippen molar-refractivity contribution in [3.63, 3.8) is 0 Å². The highest BCUT2D eigenvalue weighted by atomic mass is 16.5. The van der Waals surface area contributed by atoms with E-state index in [9.17, 15) is 4.79 Å². The van der Waals surface area contributed by atoms with Crippen LogP contribution in [0.25, 0.3) is 11.4 Å². The van der Waals surface area contributed by atoms with E-state index in [1.165, 1.54) is 0 Å². The van der Waals surface area contributed by atoms with Crippen molar-refractivity contribution < 1.29 is 14.1 Å². The molecule has 3 rings (SSSR count). The standard InChI is InChI=1S/C22H25N3O3/c1-16(2)15-25(22(26)18-9-11-19(27-3)12-10-18)14-13-20-23-21(24-28-20)17-7-5-4-6-8-17/h4-12,16H,13-15H2,1-3H3. The normalized spacial score (nSPS) is 10.9. The Balaban J connectivity index is 1.69. The molecule has 0 saturated carbocycles. The molecule has 0 aliphatic heterocycles. The van der Waals surface area contributed by atoms with Gasteiger partial charge in [-0.05, 0) is 30.2 Å². The molecule has 0 unspecified atom stereocenters. The van der Waals surface area contributed by atoms with Gasteiger partial charge in [0.05, 0.1) is 7.11 Å². The minimum absolute atomic E-state index is 0.0147. The predicted octanol–water partition coefficient (Wildman–Crippen LogP) is 4.09. The quantitative estimate of drug-likeness (QED) is 0.590. The van der Waals surface area contributed by atoms with E-state index < -0.39 is 0 Å². The zero-order valence-corrected chi connectivity index (χ0v) is 16.5. The molecule has 0 N–H and O–H groups in total. The number of carbonyl (C=O) groups excluding carboxylic acids is 1. The lowest BCUT2D eigenvalue weighted by atomic mass is 10.1. The van der Waals surface area contributed by atoms with Crippen molar-refractivity contribution in [2.75, 3.05) is 20.2 Å². The van der Waals surface area contributed by atoms with Crippen LogP contribution in [0.15, 0.2) is 59.1 Å². The van der Waals surface area contributed by atoms with Gasteiger partial charge in [-0.1, -0.05) is 49.3 Å². The third-order valence-electron chi connectivity index (χ3n) is 4.31. The zero-order valence-electron chi connectivity index (χ0n) is 16.5. The van der Waals surface area contributed by atoms with Crippen molar-refractivity contribution in [1.82, 2.24) is 15.0 Å². The molecule has 0 atom stereocenters. The first-order valence-corrected chi connectivity index (χ1v) is 9.38. The van der Waals surface area contributed by atoms with Crippen LogP contribution < -0.4 is 4.74 Å². The van der Waals surface area contributed by atoms with Gasteiger partial charge in [0, 0.05) is 30.6 Å². The van der Waals surface area contributed by atoms with Crippen LogP contribution in [0.3, 0.4) is 0 Å². The van der Waals surface area contributed by atoms with Gasteiger partial charge >= 0.3 is 0 Å². The van der Waals surface area contributed by atoms with E-state index in [2.05, 4.69) is 24.0 Å². The number of hydrogen-bond acceptors (Lipinski definition) is 5. The fraction of sp³-hybridized carbons (Fsp3) is 0.318. The van der Waals surface area contributed by atoms with Gasteiger partial charge in [0.25, 0.3) is 5.91 Å². The summed E-state index contributed by atoms with van der Waals surface area (Å²) in [6.45, 7) is 5.35. The number of carbonyl (C=O) groups is 1. The van der Waals surface area contributed by atoms with Crippen molar-refractivity contribution in [1.29, 1.82) is 0 Å². The maximum atomic E-state index is 12.9. The fourth-order valence-electron chi connectivity index (χ4n) is 2.92. The van der Waals surface area contributed by atoms with E-state index in [4.69, 9.17) is 9.26 Å². The summed E-state index contributed by atoms with van der Waals surface area (Å²) in [6.07, 6.45) is 0.508. The molecule has 1 aromatic heterocycles. The molecule has 0 saturated heterocycles.